The fourth-order valence-electron chi connectivity index (χ4n) is 3.53. The van der Waals surface area contributed by atoms with E-state index < -0.39 is 0 Å². The highest BCUT2D eigenvalue weighted by Gasteiger charge is 2.20. The van der Waals surface area contributed by atoms with Crippen LogP contribution in [0.25, 0.3) is 6.08 Å². The number of benzene rings is 2. The molecule has 1 N–H and O–H groups in total. The van der Waals surface area contributed by atoms with Gasteiger partial charge in [0.25, 0.3) is 0 Å². The summed E-state index contributed by atoms with van der Waals surface area (Å²) in [5.41, 5.74) is 2.10. The summed E-state index contributed by atoms with van der Waals surface area (Å²) in [5, 5.41) is 3.54. The van der Waals surface area contributed by atoms with E-state index in [1.165, 1.54) is 18.7 Å². The zero-order chi connectivity index (χ0) is 20.6. The zero-order valence-electron chi connectivity index (χ0n) is 16.9. The summed E-state index contributed by atoms with van der Waals surface area (Å²) >= 11 is 6.21. The summed E-state index contributed by atoms with van der Waals surface area (Å²) < 4.78 is 10.5. The largest absolute Gasteiger partial charge is 0.493 e. The van der Waals surface area contributed by atoms with Crippen LogP contribution in [-0.4, -0.2) is 44.2 Å². The Morgan fingerprint density at radius 2 is 1.90 bits per heavy atom. The Morgan fingerprint density at radius 3 is 2.55 bits per heavy atom. The number of ether oxygens (including phenoxy) is 2. The first-order valence-corrected chi connectivity index (χ1v) is 10.1. The highest BCUT2D eigenvalue weighted by molar-refractivity contribution is 6.32. The van der Waals surface area contributed by atoms with Gasteiger partial charge in [0.05, 0.1) is 19.2 Å². The molecule has 0 bridgehead atoms. The maximum Gasteiger partial charge on any atom is 0.244 e. The number of nitrogens with one attached hydrogen (secondary N) is 1. The second-order valence-corrected chi connectivity index (χ2v) is 7.52. The van der Waals surface area contributed by atoms with E-state index in [4.69, 9.17) is 21.1 Å². The highest BCUT2D eigenvalue weighted by Crippen LogP contribution is 2.36. The molecule has 0 aromatic heterocycles. The molecule has 0 aliphatic carbocycles. The summed E-state index contributed by atoms with van der Waals surface area (Å²) in [5.74, 6) is 0.918. The SMILES string of the molecule is COc1cc(/C=C/C(=O)NC2CCN(Cc3ccccc3)CC2)cc(Cl)c1OC. The summed E-state index contributed by atoms with van der Waals surface area (Å²) in [7, 11) is 3.09. The van der Waals surface area contributed by atoms with E-state index in [0.29, 0.717) is 16.5 Å². The average Bonchev–Trinajstić information content (AvgIpc) is 2.74. The minimum Gasteiger partial charge on any atom is -0.493 e. The van der Waals surface area contributed by atoms with Crippen LogP contribution in [0.4, 0.5) is 0 Å². The molecule has 2 aromatic rings. The van der Waals surface area contributed by atoms with E-state index in [1.807, 2.05) is 6.07 Å². The van der Waals surface area contributed by atoms with E-state index in [-0.39, 0.29) is 11.9 Å². The minimum absolute atomic E-state index is 0.0996. The number of carbonyl (C=O) groups is 1. The summed E-state index contributed by atoms with van der Waals surface area (Å²) in [6.45, 7) is 2.92. The number of methoxy groups -OCH3 is 2. The third-order valence-corrected chi connectivity index (χ3v) is 5.35. The van der Waals surface area contributed by atoms with Gasteiger partial charge >= 0.3 is 0 Å². The fraction of sp³-hybridized carbons (Fsp3) is 0.348. The van der Waals surface area contributed by atoms with Crippen LogP contribution in [0, 0.1) is 0 Å². The molecule has 154 valence electrons. The summed E-state index contributed by atoms with van der Waals surface area (Å²) in [6.07, 6.45) is 5.17. The standard InChI is InChI=1S/C23H27ClN2O3/c1-28-21-15-18(14-20(24)23(21)29-2)8-9-22(27)25-19-10-12-26(13-11-19)16-17-6-4-3-5-7-17/h3-9,14-15,19H,10-13,16H2,1-2H3,(H,25,27)/b9-8+. The lowest BCUT2D eigenvalue weighted by atomic mass is 10.0. The Morgan fingerprint density at radius 1 is 1.17 bits per heavy atom. The second-order valence-electron chi connectivity index (χ2n) is 7.12. The van der Waals surface area contributed by atoms with Gasteiger partial charge in [-0.2, -0.15) is 0 Å². The van der Waals surface area contributed by atoms with Crippen LogP contribution in [0.2, 0.25) is 5.02 Å². The molecule has 1 heterocycles. The Hall–Kier alpha value is -2.50. The van der Waals surface area contributed by atoms with Crippen LogP contribution in [0.5, 0.6) is 11.5 Å². The van der Waals surface area contributed by atoms with Crippen LogP contribution in [0.1, 0.15) is 24.0 Å². The number of rotatable bonds is 7. The lowest BCUT2D eigenvalue weighted by Crippen LogP contribution is -2.43. The molecule has 0 spiro atoms. The molecule has 3 rings (SSSR count). The van der Waals surface area contributed by atoms with E-state index in [9.17, 15) is 4.79 Å². The highest BCUT2D eigenvalue weighted by atomic mass is 35.5. The van der Waals surface area contributed by atoms with Crippen LogP contribution >= 0.6 is 11.6 Å². The van der Waals surface area contributed by atoms with Gasteiger partial charge in [0, 0.05) is 31.8 Å². The smallest absolute Gasteiger partial charge is 0.244 e. The molecule has 1 saturated heterocycles. The van der Waals surface area contributed by atoms with Gasteiger partial charge in [0.2, 0.25) is 5.91 Å². The number of carbonyl (C=O) groups excluding carboxylic acids is 1. The number of nitrogens with zero attached hydrogens (tertiary/aromatic N) is 1. The number of likely N-dealkylation sites (tertiary alicyclic amines) is 1. The first kappa shape index (κ1) is 21.2. The lowest BCUT2D eigenvalue weighted by Gasteiger charge is -2.32. The summed E-state index contributed by atoms with van der Waals surface area (Å²) in [4.78, 5) is 14.7. The maximum atomic E-state index is 12.3. The van der Waals surface area contributed by atoms with Gasteiger partial charge in [-0.05, 0) is 42.2 Å². The molecule has 0 unspecified atom stereocenters. The van der Waals surface area contributed by atoms with Gasteiger partial charge < -0.3 is 14.8 Å². The van der Waals surface area contributed by atoms with Crippen LogP contribution in [0.15, 0.2) is 48.5 Å². The maximum absolute atomic E-state index is 12.3. The third-order valence-electron chi connectivity index (χ3n) is 5.07. The van der Waals surface area contributed by atoms with Crippen molar-refractivity contribution in [2.45, 2.75) is 25.4 Å². The van der Waals surface area contributed by atoms with Gasteiger partial charge in [0.1, 0.15) is 0 Å². The van der Waals surface area contributed by atoms with Gasteiger partial charge in [-0.15, -0.1) is 0 Å². The van der Waals surface area contributed by atoms with Crippen molar-refractivity contribution < 1.29 is 14.3 Å². The van der Waals surface area contributed by atoms with Crippen molar-refractivity contribution in [3.8, 4) is 11.5 Å². The number of hydrogen-bond donors (Lipinski definition) is 1. The molecule has 0 saturated carbocycles. The Kier molecular flexibility index (Phi) is 7.55. The Bertz CT molecular complexity index is 847. The van der Waals surface area contributed by atoms with Crippen LogP contribution in [0.3, 0.4) is 0 Å². The number of piperidine rings is 1. The Balaban J connectivity index is 1.49. The predicted molar refractivity (Wildman–Crippen MR) is 116 cm³/mol. The lowest BCUT2D eigenvalue weighted by molar-refractivity contribution is -0.117. The monoisotopic (exact) mass is 414 g/mol. The van der Waals surface area contributed by atoms with Crippen LogP contribution < -0.4 is 14.8 Å². The van der Waals surface area contributed by atoms with Crippen molar-refractivity contribution in [3.05, 3.63) is 64.7 Å². The van der Waals surface area contributed by atoms with Crippen LogP contribution in [-0.2, 0) is 11.3 Å². The van der Waals surface area contributed by atoms with Crippen molar-refractivity contribution in [1.82, 2.24) is 10.2 Å². The molecule has 6 heteroatoms. The Labute approximate surface area is 177 Å². The first-order valence-electron chi connectivity index (χ1n) is 9.75. The first-order chi connectivity index (χ1) is 14.1. The average molecular weight is 415 g/mol. The molecule has 1 aliphatic heterocycles. The normalized spacial score (nSPS) is 15.4. The summed E-state index contributed by atoms with van der Waals surface area (Å²) in [6, 6.07) is 14.2. The molecule has 5 nitrogen and oxygen atoms in total. The third kappa shape index (κ3) is 5.99. The molecular weight excluding hydrogens is 388 g/mol. The molecule has 29 heavy (non-hydrogen) atoms. The number of amides is 1. The van der Waals surface area contributed by atoms with Crippen molar-refractivity contribution in [2.75, 3.05) is 27.3 Å². The van der Waals surface area contributed by atoms with Gasteiger partial charge in [-0.3, -0.25) is 9.69 Å². The topological polar surface area (TPSA) is 50.8 Å². The second kappa shape index (κ2) is 10.3. The molecule has 0 atom stereocenters. The number of hydrogen-bond acceptors (Lipinski definition) is 4. The van der Waals surface area contributed by atoms with Crippen molar-refractivity contribution >= 4 is 23.6 Å². The minimum atomic E-state index is -0.0996. The van der Waals surface area contributed by atoms with E-state index >= 15 is 0 Å². The van der Waals surface area contributed by atoms with E-state index in [1.54, 1.807) is 25.3 Å². The van der Waals surface area contributed by atoms with E-state index in [2.05, 4.69) is 34.5 Å². The number of halogens is 1. The van der Waals surface area contributed by atoms with Crippen molar-refractivity contribution in [3.63, 3.8) is 0 Å². The fourth-order valence-corrected chi connectivity index (χ4v) is 3.83. The van der Waals surface area contributed by atoms with Crippen molar-refractivity contribution in [1.29, 1.82) is 0 Å². The van der Waals surface area contributed by atoms with Gasteiger partial charge in [-0.1, -0.05) is 41.9 Å². The molecule has 2 aromatic carbocycles. The molecule has 1 fully saturated rings. The predicted octanol–water partition coefficient (Wildman–Crippen LogP) is 4.15. The van der Waals surface area contributed by atoms with Gasteiger partial charge in [0.15, 0.2) is 11.5 Å². The molecule has 1 amide bonds. The molecule has 0 radical (unpaired) electrons. The molecule has 1 aliphatic rings. The quantitative estimate of drug-likeness (QED) is 0.691. The molecular formula is C23H27ClN2O3. The van der Waals surface area contributed by atoms with Crippen molar-refractivity contribution in [2.24, 2.45) is 0 Å². The van der Waals surface area contributed by atoms with Gasteiger partial charge in [-0.25, -0.2) is 0 Å². The van der Waals surface area contributed by atoms with E-state index in [0.717, 1.165) is 38.0 Å². The zero-order valence-corrected chi connectivity index (χ0v) is 17.6.